The van der Waals surface area contributed by atoms with Crippen molar-refractivity contribution in [2.45, 2.75) is 4.96 Å². The van der Waals surface area contributed by atoms with Crippen LogP contribution in [-0.4, -0.2) is 11.3 Å². The summed E-state index contributed by atoms with van der Waals surface area (Å²) in [5.41, 5.74) is 4.82. The van der Waals surface area contributed by atoms with Gasteiger partial charge in [-0.25, -0.2) is 0 Å². The van der Waals surface area contributed by atoms with Crippen LogP contribution in [-0.2, 0) is 0 Å². The molecule has 0 radical (unpaired) electrons. The standard InChI is InChI=1S/C2H4Cl2N2/c3-2(4)6-1-5/h1-2H,(H2,5,6)/p+1. The Labute approximate surface area is 45.9 Å². The van der Waals surface area contributed by atoms with Gasteiger partial charge in [0.15, 0.2) is 0 Å². The molecule has 0 aromatic carbocycles. The number of alkyl halides is 2. The Morgan fingerprint density at radius 3 is 2.17 bits per heavy atom. The van der Waals surface area contributed by atoms with E-state index in [2.05, 4.69) is 4.99 Å². The summed E-state index contributed by atoms with van der Waals surface area (Å²) in [7, 11) is 0. The zero-order valence-electron chi connectivity index (χ0n) is 2.99. The topological polar surface area (TPSA) is 40.0 Å². The number of halogens is 2. The fourth-order valence-corrected chi connectivity index (χ4v) is 0.218. The molecule has 4 heteroatoms. The molecule has 0 unspecified atom stereocenters. The van der Waals surface area contributed by atoms with Crippen molar-refractivity contribution in [3.8, 4) is 0 Å². The Morgan fingerprint density at radius 2 is 2.17 bits per heavy atom. The van der Waals surface area contributed by atoms with Gasteiger partial charge in [-0.15, -0.1) is 0 Å². The Balaban J connectivity index is 3.03. The van der Waals surface area contributed by atoms with Crippen molar-refractivity contribution in [1.82, 2.24) is 0 Å². The zero-order chi connectivity index (χ0) is 4.99. The average Bonchev–Trinajstić information content (AvgIpc) is 1.35. The van der Waals surface area contributed by atoms with Crippen LogP contribution < -0.4 is 10.7 Å². The lowest BCUT2D eigenvalue weighted by Gasteiger charge is -1.78. The summed E-state index contributed by atoms with van der Waals surface area (Å²) in [4.78, 5) is 1.80. The molecule has 0 aromatic rings. The average molecular weight is 128 g/mol. The van der Waals surface area contributed by atoms with Crippen LogP contribution >= 0.6 is 23.2 Å². The lowest BCUT2D eigenvalue weighted by atomic mass is 11.3. The highest BCUT2D eigenvalue weighted by Gasteiger charge is 1.87. The molecule has 2 nitrogen and oxygen atoms in total. The molecule has 0 saturated heterocycles. The molecule has 0 amide bonds. The highest BCUT2D eigenvalue weighted by atomic mass is 35.5. The molecule has 0 heterocycles. The van der Waals surface area contributed by atoms with Crippen molar-refractivity contribution < 1.29 is 4.99 Å². The molecule has 0 aliphatic rings. The summed E-state index contributed by atoms with van der Waals surface area (Å²) in [6, 6.07) is 0. The van der Waals surface area contributed by atoms with Gasteiger partial charge >= 0.3 is 0 Å². The third kappa shape index (κ3) is 4.05. The number of hydrogen-bond acceptors (Lipinski definition) is 0. The maximum atomic E-state index is 5.12. The van der Waals surface area contributed by atoms with Gasteiger partial charge in [0.1, 0.15) is 0 Å². The maximum absolute atomic E-state index is 5.12. The van der Waals surface area contributed by atoms with Gasteiger partial charge in [0.05, 0.1) is 0 Å². The van der Waals surface area contributed by atoms with E-state index in [0.717, 1.165) is 0 Å². The molecule has 0 aromatic heterocycles. The normalized spacial score (nSPS) is 11.2. The maximum Gasteiger partial charge on any atom is 0.243 e. The predicted octanol–water partition coefficient (Wildman–Crippen LogP) is -1.18. The van der Waals surface area contributed by atoms with Crippen LogP contribution in [0.3, 0.4) is 0 Å². The van der Waals surface area contributed by atoms with Crippen molar-refractivity contribution in [2.75, 3.05) is 0 Å². The number of rotatable bonds is 1. The second-order valence-electron chi connectivity index (χ2n) is 0.634. The largest absolute Gasteiger partial charge is 0.294 e. The van der Waals surface area contributed by atoms with Crippen LogP contribution in [0.5, 0.6) is 0 Å². The van der Waals surface area contributed by atoms with Crippen LogP contribution in [0, 0.1) is 0 Å². The molecule has 0 rings (SSSR count). The smallest absolute Gasteiger partial charge is 0.243 e. The van der Waals surface area contributed by atoms with Crippen LogP contribution in [0.4, 0.5) is 0 Å². The minimum atomic E-state index is -0.588. The summed E-state index contributed by atoms with van der Waals surface area (Å²) in [5, 5.41) is 0. The molecule has 0 bridgehead atoms. The SMILES string of the molecule is N/C=[NH+]/C(Cl)Cl. The number of nitrogens with two attached hydrogens (primary N) is 1. The highest BCUT2D eigenvalue weighted by Crippen LogP contribution is 1.83. The summed E-state index contributed by atoms with van der Waals surface area (Å²) in [5.74, 6) is 0. The van der Waals surface area contributed by atoms with Crippen molar-refractivity contribution in [3.05, 3.63) is 0 Å². The third-order valence-electron chi connectivity index (χ3n) is 0.222. The summed E-state index contributed by atoms with van der Waals surface area (Å²) >= 11 is 10.2. The van der Waals surface area contributed by atoms with E-state index in [1.54, 1.807) is 0 Å². The van der Waals surface area contributed by atoms with Gasteiger partial charge in [0, 0.05) is 0 Å². The minimum absolute atomic E-state index is 0.588. The summed E-state index contributed by atoms with van der Waals surface area (Å²) in [6.07, 6.45) is 1.19. The number of nitrogens with one attached hydrogen (secondary N) is 1. The van der Waals surface area contributed by atoms with Gasteiger partial charge in [-0.1, -0.05) is 23.2 Å². The first-order chi connectivity index (χ1) is 2.77. The van der Waals surface area contributed by atoms with E-state index in [9.17, 15) is 0 Å². The van der Waals surface area contributed by atoms with Gasteiger partial charge in [-0.05, 0) is 0 Å². The van der Waals surface area contributed by atoms with Gasteiger partial charge < -0.3 is 0 Å². The molecule has 0 aliphatic carbocycles. The molecule has 0 saturated carbocycles. The van der Waals surface area contributed by atoms with E-state index < -0.39 is 4.96 Å². The molecule has 36 valence electrons. The summed E-state index contributed by atoms with van der Waals surface area (Å²) < 4.78 is 0. The Kier molecular flexibility index (Phi) is 3.28. The second kappa shape index (κ2) is 3.25. The van der Waals surface area contributed by atoms with E-state index in [0.29, 0.717) is 0 Å². The van der Waals surface area contributed by atoms with Gasteiger partial charge in [-0.2, -0.15) is 0 Å². The van der Waals surface area contributed by atoms with Crippen LogP contribution in [0.2, 0.25) is 0 Å². The molecule has 0 atom stereocenters. The van der Waals surface area contributed by atoms with Crippen molar-refractivity contribution in [1.29, 1.82) is 0 Å². The highest BCUT2D eigenvalue weighted by molar-refractivity contribution is 6.42. The first-order valence-electron chi connectivity index (χ1n) is 1.35. The van der Waals surface area contributed by atoms with Crippen molar-refractivity contribution >= 4 is 29.5 Å². The van der Waals surface area contributed by atoms with E-state index >= 15 is 0 Å². The third-order valence-corrected chi connectivity index (χ3v) is 0.474. The van der Waals surface area contributed by atoms with Gasteiger partial charge in [0.2, 0.25) is 11.3 Å². The number of hydrogen-bond donors (Lipinski definition) is 2. The first-order valence-corrected chi connectivity index (χ1v) is 2.22. The van der Waals surface area contributed by atoms with E-state index in [-0.39, 0.29) is 0 Å². The Bertz CT molecular complexity index is 51.5. The fourth-order valence-electron chi connectivity index (χ4n) is 0.0727. The van der Waals surface area contributed by atoms with Gasteiger partial charge in [-0.3, -0.25) is 10.7 Å². The zero-order valence-corrected chi connectivity index (χ0v) is 4.50. The fraction of sp³-hybridized carbons (Fsp3) is 0.500. The Morgan fingerprint density at radius 1 is 1.67 bits per heavy atom. The molecular weight excluding hydrogens is 123 g/mol. The quantitative estimate of drug-likeness (QED) is 0.198. The molecule has 0 fully saturated rings. The molecular formula is C2H5Cl2N2+. The monoisotopic (exact) mass is 127 g/mol. The van der Waals surface area contributed by atoms with Gasteiger partial charge in [0.25, 0.3) is 0 Å². The van der Waals surface area contributed by atoms with Crippen molar-refractivity contribution in [2.24, 2.45) is 5.73 Å². The van der Waals surface area contributed by atoms with E-state index in [4.69, 9.17) is 28.9 Å². The first kappa shape index (κ1) is 6.05. The molecule has 0 spiro atoms. The minimum Gasteiger partial charge on any atom is -0.294 e. The molecule has 0 aliphatic heterocycles. The van der Waals surface area contributed by atoms with Crippen LogP contribution in [0.1, 0.15) is 0 Å². The van der Waals surface area contributed by atoms with Crippen LogP contribution in [0.15, 0.2) is 0 Å². The second-order valence-corrected chi connectivity index (χ2v) is 1.73. The summed E-state index contributed by atoms with van der Waals surface area (Å²) in [6.45, 7) is 0. The Hall–Kier alpha value is 0.0500. The van der Waals surface area contributed by atoms with E-state index in [1.807, 2.05) is 0 Å². The van der Waals surface area contributed by atoms with E-state index in [1.165, 1.54) is 6.34 Å². The molecule has 3 N–H and O–H groups in total. The van der Waals surface area contributed by atoms with Crippen molar-refractivity contribution in [3.63, 3.8) is 0 Å². The van der Waals surface area contributed by atoms with Crippen LogP contribution in [0.25, 0.3) is 0 Å². The molecule has 6 heavy (non-hydrogen) atoms. The lowest BCUT2D eigenvalue weighted by molar-refractivity contribution is -0.447. The lowest BCUT2D eigenvalue weighted by Crippen LogP contribution is -2.73. The predicted molar refractivity (Wildman–Crippen MR) is 26.7 cm³/mol.